The largest absolute Gasteiger partial charge is 0.481 e. The number of nitrogens with zero attached hydrogens (tertiary/aromatic N) is 1. The first-order valence-corrected chi connectivity index (χ1v) is 7.45. The third kappa shape index (κ3) is 3.46. The number of aromatic nitrogens is 1. The molecule has 2 heterocycles. The predicted molar refractivity (Wildman–Crippen MR) is 70.1 cm³/mol. The summed E-state index contributed by atoms with van der Waals surface area (Å²) in [7, 11) is 0. The normalized spacial score (nSPS) is 18.9. The lowest BCUT2D eigenvalue weighted by Gasteiger charge is -2.06. The Morgan fingerprint density at radius 1 is 1.67 bits per heavy atom. The molecule has 1 aliphatic heterocycles. The lowest BCUT2D eigenvalue weighted by atomic mass is 10.2. The lowest BCUT2D eigenvalue weighted by molar-refractivity contribution is -0.136. The van der Waals surface area contributed by atoms with Crippen LogP contribution in [0, 0.1) is 6.92 Å². The number of carbonyl (C=O) groups is 2. The van der Waals surface area contributed by atoms with Gasteiger partial charge in [-0.3, -0.25) is 9.59 Å². The molecule has 2 N–H and O–H groups in total. The first-order valence-electron chi connectivity index (χ1n) is 5.65. The molecule has 7 heteroatoms. The quantitative estimate of drug-likeness (QED) is 0.801. The minimum absolute atomic E-state index is 0.0320. The van der Waals surface area contributed by atoms with Crippen molar-refractivity contribution in [3.63, 3.8) is 0 Å². The summed E-state index contributed by atoms with van der Waals surface area (Å²) in [5, 5.41) is 11.7. The van der Waals surface area contributed by atoms with Crippen LogP contribution in [0.4, 0.5) is 0 Å². The summed E-state index contributed by atoms with van der Waals surface area (Å²) < 4.78 is 0.880. The van der Waals surface area contributed by atoms with Crippen molar-refractivity contribution in [2.45, 2.75) is 36.6 Å². The van der Waals surface area contributed by atoms with Crippen molar-refractivity contribution in [2.24, 2.45) is 0 Å². The summed E-state index contributed by atoms with van der Waals surface area (Å²) in [6, 6.07) is 0.217. The van der Waals surface area contributed by atoms with Crippen LogP contribution in [0.25, 0.3) is 0 Å². The van der Waals surface area contributed by atoms with E-state index in [9.17, 15) is 9.59 Å². The van der Waals surface area contributed by atoms with Crippen molar-refractivity contribution in [3.05, 3.63) is 10.6 Å². The molecular formula is C11H14N2O3S2. The number of hydrogen-bond donors (Lipinski definition) is 2. The molecule has 0 spiro atoms. The Bertz CT molecular complexity index is 473. The van der Waals surface area contributed by atoms with Gasteiger partial charge in [-0.15, -0.1) is 11.3 Å². The molecule has 1 aliphatic rings. The summed E-state index contributed by atoms with van der Waals surface area (Å²) in [5.41, 5.74) is 0.792. The zero-order chi connectivity index (χ0) is 13.1. The van der Waals surface area contributed by atoms with E-state index in [4.69, 9.17) is 5.11 Å². The van der Waals surface area contributed by atoms with Gasteiger partial charge in [0.2, 0.25) is 5.91 Å². The molecule has 0 bridgehead atoms. The second-order valence-corrected chi connectivity index (χ2v) is 6.52. The van der Waals surface area contributed by atoms with Gasteiger partial charge in [-0.2, -0.15) is 0 Å². The number of amides is 1. The van der Waals surface area contributed by atoms with E-state index in [1.807, 2.05) is 6.92 Å². The van der Waals surface area contributed by atoms with Gasteiger partial charge in [0.15, 0.2) is 0 Å². The minimum atomic E-state index is -0.832. The first kappa shape index (κ1) is 13.4. The van der Waals surface area contributed by atoms with E-state index in [1.165, 1.54) is 11.3 Å². The van der Waals surface area contributed by atoms with Gasteiger partial charge in [0.1, 0.15) is 4.34 Å². The number of nitrogens with one attached hydrogen (secondary N) is 1. The molecule has 0 aromatic carbocycles. The highest BCUT2D eigenvalue weighted by atomic mass is 32.2. The molecule has 0 aliphatic carbocycles. The molecule has 1 unspecified atom stereocenters. The monoisotopic (exact) mass is 286 g/mol. The van der Waals surface area contributed by atoms with E-state index in [-0.39, 0.29) is 18.4 Å². The maximum Gasteiger partial charge on any atom is 0.308 e. The highest BCUT2D eigenvalue weighted by Gasteiger charge is 2.21. The maximum atomic E-state index is 11.0. The van der Waals surface area contributed by atoms with E-state index < -0.39 is 5.97 Å². The predicted octanol–water partition coefficient (Wildman–Crippen LogP) is 1.45. The first-order chi connectivity index (χ1) is 8.54. The van der Waals surface area contributed by atoms with Crippen LogP contribution in [0.2, 0.25) is 0 Å². The Morgan fingerprint density at radius 2 is 2.44 bits per heavy atom. The van der Waals surface area contributed by atoms with Gasteiger partial charge in [-0.05, 0) is 13.3 Å². The number of rotatable bonds is 5. The van der Waals surface area contributed by atoms with Crippen LogP contribution in [-0.2, 0) is 16.0 Å². The Balaban J connectivity index is 1.89. The van der Waals surface area contributed by atoms with Crippen LogP contribution >= 0.6 is 23.1 Å². The SMILES string of the molecule is Cc1nc(SCC2CCC(=O)N2)sc1CC(=O)O. The van der Waals surface area contributed by atoms with E-state index in [0.717, 1.165) is 27.1 Å². The molecule has 0 radical (unpaired) electrons. The fourth-order valence-corrected chi connectivity index (χ4v) is 4.06. The summed E-state index contributed by atoms with van der Waals surface area (Å²) >= 11 is 3.01. The number of thioether (sulfide) groups is 1. The second-order valence-electron chi connectivity index (χ2n) is 4.17. The summed E-state index contributed by atoms with van der Waals surface area (Å²) in [6.07, 6.45) is 1.51. The fraction of sp³-hybridized carbons (Fsp3) is 0.545. The topological polar surface area (TPSA) is 79.3 Å². The molecule has 1 fully saturated rings. The van der Waals surface area contributed by atoms with Crippen molar-refractivity contribution in [3.8, 4) is 0 Å². The molecule has 2 rings (SSSR count). The maximum absolute atomic E-state index is 11.0. The van der Waals surface area contributed by atoms with Gasteiger partial charge in [-0.25, -0.2) is 4.98 Å². The van der Waals surface area contributed by atoms with Crippen molar-refractivity contribution in [1.29, 1.82) is 0 Å². The van der Waals surface area contributed by atoms with Gasteiger partial charge in [0.25, 0.3) is 0 Å². The molecule has 5 nitrogen and oxygen atoms in total. The third-order valence-electron chi connectivity index (χ3n) is 2.68. The number of hydrogen-bond acceptors (Lipinski definition) is 5. The third-order valence-corrected chi connectivity index (χ3v) is 5.14. The number of thiazole rings is 1. The highest BCUT2D eigenvalue weighted by Crippen LogP contribution is 2.29. The van der Waals surface area contributed by atoms with Gasteiger partial charge in [0, 0.05) is 23.1 Å². The van der Waals surface area contributed by atoms with Gasteiger partial charge in [-0.1, -0.05) is 11.8 Å². The lowest BCUT2D eigenvalue weighted by Crippen LogP contribution is -2.27. The second kappa shape index (κ2) is 5.71. The molecule has 18 heavy (non-hydrogen) atoms. The van der Waals surface area contributed by atoms with Crippen molar-refractivity contribution in [1.82, 2.24) is 10.3 Å². The summed E-state index contributed by atoms with van der Waals surface area (Å²) in [5.74, 6) is 0.0782. The van der Waals surface area contributed by atoms with Crippen LogP contribution < -0.4 is 5.32 Å². The molecule has 1 aromatic rings. The number of aliphatic carboxylic acids is 1. The van der Waals surface area contributed by atoms with Crippen molar-refractivity contribution < 1.29 is 14.7 Å². The van der Waals surface area contributed by atoms with E-state index >= 15 is 0 Å². The van der Waals surface area contributed by atoms with Gasteiger partial charge >= 0.3 is 5.97 Å². The fourth-order valence-electron chi connectivity index (χ4n) is 1.74. The number of aryl methyl sites for hydroxylation is 1. The highest BCUT2D eigenvalue weighted by molar-refractivity contribution is 8.01. The molecule has 1 saturated heterocycles. The van der Waals surface area contributed by atoms with Crippen LogP contribution in [0.5, 0.6) is 0 Å². The van der Waals surface area contributed by atoms with E-state index in [2.05, 4.69) is 10.3 Å². The van der Waals surface area contributed by atoms with Crippen LogP contribution in [0.1, 0.15) is 23.4 Å². The molecule has 0 saturated carbocycles. The Morgan fingerprint density at radius 3 is 3.06 bits per heavy atom. The summed E-state index contributed by atoms with van der Waals surface area (Å²) in [6.45, 7) is 1.83. The minimum Gasteiger partial charge on any atom is -0.481 e. The van der Waals surface area contributed by atoms with Crippen LogP contribution in [0.3, 0.4) is 0 Å². The molecule has 1 atom stereocenters. The van der Waals surface area contributed by atoms with Crippen molar-refractivity contribution >= 4 is 35.0 Å². The average molecular weight is 286 g/mol. The van der Waals surface area contributed by atoms with Crippen molar-refractivity contribution in [2.75, 3.05) is 5.75 Å². The van der Waals surface area contributed by atoms with Crippen LogP contribution in [-0.4, -0.2) is 33.8 Å². The smallest absolute Gasteiger partial charge is 0.308 e. The molecule has 98 valence electrons. The van der Waals surface area contributed by atoms with E-state index in [1.54, 1.807) is 11.8 Å². The summed E-state index contributed by atoms with van der Waals surface area (Å²) in [4.78, 5) is 26.9. The number of carboxylic acids is 1. The average Bonchev–Trinajstić information content (AvgIpc) is 2.83. The standard InChI is InChI=1S/C11H14N2O3S2/c1-6-8(4-10(15)16)18-11(12-6)17-5-7-2-3-9(14)13-7/h7H,2-5H2,1H3,(H,13,14)(H,15,16). The Hall–Kier alpha value is -1.08. The van der Waals surface area contributed by atoms with Crippen LogP contribution in [0.15, 0.2) is 4.34 Å². The zero-order valence-electron chi connectivity index (χ0n) is 9.93. The zero-order valence-corrected chi connectivity index (χ0v) is 11.6. The number of carboxylic acid groups (broad SMARTS) is 1. The molecular weight excluding hydrogens is 272 g/mol. The Kier molecular flexibility index (Phi) is 4.23. The van der Waals surface area contributed by atoms with Gasteiger partial charge < -0.3 is 10.4 Å². The Labute approximate surface area is 113 Å². The van der Waals surface area contributed by atoms with Gasteiger partial charge in [0.05, 0.1) is 12.1 Å². The number of carbonyl (C=O) groups excluding carboxylic acids is 1. The molecule has 1 aromatic heterocycles. The molecule has 1 amide bonds. The van der Waals surface area contributed by atoms with E-state index in [0.29, 0.717) is 6.42 Å².